The third-order valence-electron chi connectivity index (χ3n) is 3.61. The zero-order valence-electron chi connectivity index (χ0n) is 13.7. The number of nitrogens with zero attached hydrogens (tertiary/aromatic N) is 1. The average Bonchev–Trinajstić information content (AvgIpc) is 2.54. The molecule has 0 spiro atoms. The molecule has 0 saturated heterocycles. The maximum absolute atomic E-state index is 13.4. The summed E-state index contributed by atoms with van der Waals surface area (Å²) in [7, 11) is -2.67. The van der Waals surface area contributed by atoms with Gasteiger partial charge in [-0.25, -0.2) is 8.78 Å². The highest BCUT2D eigenvalue weighted by molar-refractivity contribution is 6.84. The van der Waals surface area contributed by atoms with Crippen LogP contribution in [0.15, 0.2) is 30.3 Å². The summed E-state index contributed by atoms with van der Waals surface area (Å²) in [5, 5.41) is 10.3. The summed E-state index contributed by atoms with van der Waals surface area (Å²) in [6, 6.07) is 2.36. The first kappa shape index (κ1) is 22.8. The molecule has 26 heavy (non-hydrogen) atoms. The normalized spacial score (nSPS) is 14.3. The highest BCUT2D eigenvalue weighted by Gasteiger charge is 2.77. The van der Waals surface area contributed by atoms with Crippen LogP contribution in [0.25, 0.3) is 0 Å². The Bertz CT molecular complexity index is 586. The predicted molar refractivity (Wildman–Crippen MR) is 77.7 cm³/mol. The van der Waals surface area contributed by atoms with Gasteiger partial charge in [0.05, 0.1) is 6.54 Å². The molecular weight excluding hydrogens is 394 g/mol. The van der Waals surface area contributed by atoms with E-state index in [4.69, 9.17) is 4.43 Å². The zero-order valence-corrected chi connectivity index (χ0v) is 14.7. The fourth-order valence-electron chi connectivity index (χ4n) is 1.94. The summed E-state index contributed by atoms with van der Waals surface area (Å²) < 4.78 is 108. The molecule has 0 bridgehead atoms. The van der Waals surface area contributed by atoms with Crippen molar-refractivity contribution in [2.24, 2.45) is 0 Å². The van der Waals surface area contributed by atoms with Crippen LogP contribution < -0.4 is 5.19 Å². The minimum Gasteiger partial charge on any atom is -0.412 e. The van der Waals surface area contributed by atoms with E-state index in [1.807, 2.05) is 0 Å². The Morgan fingerprint density at radius 2 is 1.54 bits per heavy atom. The van der Waals surface area contributed by atoms with Crippen LogP contribution in [-0.2, 0) is 9.63 Å². The van der Waals surface area contributed by atoms with Crippen molar-refractivity contribution < 1.29 is 44.8 Å². The average molecular weight is 410 g/mol. The first-order chi connectivity index (χ1) is 11.7. The van der Waals surface area contributed by atoms with Crippen molar-refractivity contribution in [1.82, 2.24) is 5.06 Å². The van der Waals surface area contributed by atoms with Crippen molar-refractivity contribution in [2.45, 2.75) is 37.4 Å². The monoisotopic (exact) mass is 410 g/mol. The second-order valence-electron chi connectivity index (χ2n) is 5.87. The van der Waals surface area contributed by atoms with E-state index in [9.17, 15) is 40.3 Å². The lowest BCUT2D eigenvalue weighted by Gasteiger charge is -2.35. The van der Waals surface area contributed by atoms with E-state index in [0.29, 0.717) is 5.19 Å². The molecule has 12 heteroatoms. The van der Waals surface area contributed by atoms with Crippen LogP contribution in [0.2, 0.25) is 13.1 Å². The van der Waals surface area contributed by atoms with Crippen LogP contribution in [-0.4, -0.2) is 50.8 Å². The summed E-state index contributed by atoms with van der Waals surface area (Å²) in [4.78, 5) is 0. The quantitative estimate of drug-likeness (QED) is 0.268. The summed E-state index contributed by atoms with van der Waals surface area (Å²) in [6.07, 6.45) is -5.07. The highest BCUT2D eigenvalue weighted by Crippen LogP contribution is 2.49. The lowest BCUT2D eigenvalue weighted by Crippen LogP contribution is -2.63. The van der Waals surface area contributed by atoms with Gasteiger partial charge in [-0.05, 0) is 18.3 Å². The number of benzene rings is 1. The van der Waals surface area contributed by atoms with Crippen molar-refractivity contribution >= 4 is 13.5 Å². The Morgan fingerprint density at radius 3 is 2.00 bits per heavy atom. The molecule has 0 aromatic heterocycles. The van der Waals surface area contributed by atoms with Crippen molar-refractivity contribution in [3.8, 4) is 0 Å². The fraction of sp³-hybridized carbons (Fsp3) is 0.571. The van der Waals surface area contributed by atoms with Crippen molar-refractivity contribution in [2.75, 3.05) is 13.2 Å². The van der Waals surface area contributed by atoms with Crippen LogP contribution in [0.3, 0.4) is 0 Å². The van der Waals surface area contributed by atoms with Gasteiger partial charge in [0.1, 0.15) is 0 Å². The fourth-order valence-corrected chi connectivity index (χ4v) is 3.70. The molecule has 0 amide bonds. The number of rotatable bonds is 9. The van der Waals surface area contributed by atoms with E-state index in [1.54, 1.807) is 43.4 Å². The molecule has 0 saturated carbocycles. The van der Waals surface area contributed by atoms with E-state index in [1.165, 1.54) is 0 Å². The lowest BCUT2D eigenvalue weighted by atomic mass is 10.1. The summed E-state index contributed by atoms with van der Waals surface area (Å²) in [6.45, 7) is 1.08. The molecule has 0 aliphatic carbocycles. The second-order valence-corrected chi connectivity index (χ2v) is 9.75. The van der Waals surface area contributed by atoms with Gasteiger partial charge >= 0.3 is 24.3 Å². The standard InChI is InChI=1S/C14H16F8NO2Si/c1-26(2,10-6-4-3-5-7-10)25-9-8-23(24)14(21,22)13(19,20)12(17,18)11(15)16/h3-7,11H,8-9H2,1-2H3. The van der Waals surface area contributed by atoms with Crippen LogP contribution in [0, 0.1) is 0 Å². The molecule has 0 N–H and O–H groups in total. The number of hydrogen-bond acceptors (Lipinski definition) is 2. The maximum Gasteiger partial charge on any atom is 0.397 e. The van der Waals surface area contributed by atoms with Gasteiger partial charge in [0.15, 0.2) is 0 Å². The largest absolute Gasteiger partial charge is 0.412 e. The van der Waals surface area contributed by atoms with E-state index in [-0.39, 0.29) is 0 Å². The molecule has 3 nitrogen and oxygen atoms in total. The van der Waals surface area contributed by atoms with E-state index < -0.39 is 50.8 Å². The van der Waals surface area contributed by atoms with E-state index >= 15 is 0 Å². The van der Waals surface area contributed by atoms with Gasteiger partial charge in [0.2, 0.25) is 8.32 Å². The summed E-state index contributed by atoms with van der Waals surface area (Å²) in [5.74, 6) is -12.9. The molecule has 1 rings (SSSR count). The topological polar surface area (TPSA) is 32.4 Å². The molecule has 0 fully saturated rings. The van der Waals surface area contributed by atoms with Gasteiger partial charge in [0, 0.05) is 6.61 Å². The molecule has 1 aromatic carbocycles. The Balaban J connectivity index is 2.79. The Kier molecular flexibility index (Phi) is 6.82. The van der Waals surface area contributed by atoms with Crippen LogP contribution in [0.1, 0.15) is 0 Å². The van der Waals surface area contributed by atoms with Gasteiger partial charge < -0.3 is 4.43 Å². The smallest absolute Gasteiger partial charge is 0.397 e. The third-order valence-corrected chi connectivity index (χ3v) is 6.26. The van der Waals surface area contributed by atoms with E-state index in [2.05, 4.69) is 0 Å². The first-order valence-electron chi connectivity index (χ1n) is 7.23. The molecular formula is C14H16F8NO2Si. The second kappa shape index (κ2) is 7.78. The molecule has 0 aliphatic heterocycles. The molecule has 0 heterocycles. The molecule has 0 aliphatic rings. The van der Waals surface area contributed by atoms with Crippen LogP contribution >= 0.6 is 0 Å². The minimum absolute atomic E-state index is 0.707. The van der Waals surface area contributed by atoms with Crippen molar-refractivity contribution in [3.63, 3.8) is 0 Å². The molecule has 149 valence electrons. The van der Waals surface area contributed by atoms with Gasteiger partial charge in [-0.15, -0.1) is 5.21 Å². The SMILES string of the molecule is C[Si](C)(OCCN([O])C(F)(F)C(F)(F)C(F)(F)C(F)F)c1ccccc1. The highest BCUT2D eigenvalue weighted by atomic mass is 28.4. The van der Waals surface area contributed by atoms with Gasteiger partial charge in [-0.2, -0.15) is 26.3 Å². The van der Waals surface area contributed by atoms with Gasteiger partial charge in [-0.1, -0.05) is 35.4 Å². The number of hydrogen-bond donors (Lipinski definition) is 0. The Hall–Kier alpha value is -1.24. The lowest BCUT2D eigenvalue weighted by molar-refractivity contribution is -0.434. The van der Waals surface area contributed by atoms with Crippen LogP contribution in [0.5, 0.6) is 0 Å². The van der Waals surface area contributed by atoms with Crippen molar-refractivity contribution in [1.29, 1.82) is 0 Å². The number of halogens is 8. The Morgan fingerprint density at radius 1 is 1.04 bits per heavy atom. The number of alkyl halides is 8. The summed E-state index contributed by atoms with van der Waals surface area (Å²) >= 11 is 0. The third kappa shape index (κ3) is 4.35. The molecule has 1 aromatic rings. The first-order valence-corrected chi connectivity index (χ1v) is 10.1. The van der Waals surface area contributed by atoms with Gasteiger partial charge in [-0.3, -0.25) is 0 Å². The van der Waals surface area contributed by atoms with Crippen LogP contribution in [0.4, 0.5) is 35.1 Å². The molecule has 1 radical (unpaired) electrons. The zero-order chi connectivity index (χ0) is 20.4. The Labute approximate surface area is 145 Å². The van der Waals surface area contributed by atoms with Gasteiger partial charge in [0.25, 0.3) is 0 Å². The predicted octanol–water partition coefficient (Wildman–Crippen LogP) is 3.89. The molecule has 0 atom stereocenters. The van der Waals surface area contributed by atoms with Crippen molar-refractivity contribution in [3.05, 3.63) is 30.3 Å². The minimum atomic E-state index is -6.57. The molecule has 0 unspecified atom stereocenters. The maximum atomic E-state index is 13.4. The summed E-state index contributed by atoms with van der Waals surface area (Å²) in [5.41, 5.74) is 0. The van der Waals surface area contributed by atoms with E-state index in [0.717, 1.165) is 0 Å². The number of hydroxylamine groups is 2.